The lowest BCUT2D eigenvalue weighted by molar-refractivity contribution is 0.122. The van der Waals surface area contributed by atoms with Crippen molar-refractivity contribution < 1.29 is 9.47 Å². The number of rotatable bonds is 7. The topological polar surface area (TPSA) is 76.2 Å². The Labute approximate surface area is 168 Å². The van der Waals surface area contributed by atoms with Gasteiger partial charge in [0.05, 0.1) is 19.8 Å². The number of aromatic amines is 1. The molecule has 0 unspecified atom stereocenters. The molecule has 1 fully saturated rings. The van der Waals surface area contributed by atoms with Gasteiger partial charge in [-0.3, -0.25) is 0 Å². The predicted molar refractivity (Wildman–Crippen MR) is 111 cm³/mol. The van der Waals surface area contributed by atoms with E-state index in [1.165, 1.54) is 5.56 Å². The molecule has 8 heteroatoms. The lowest BCUT2D eigenvalue weighted by Gasteiger charge is -2.28. The maximum Gasteiger partial charge on any atom is 0.192 e. The first-order valence-electron chi connectivity index (χ1n) is 9.70. The minimum absolute atomic E-state index is 0.676. The molecule has 148 valence electrons. The van der Waals surface area contributed by atoms with E-state index in [1.54, 1.807) is 11.8 Å². The maximum absolute atomic E-state index is 5.51. The highest BCUT2D eigenvalue weighted by molar-refractivity contribution is 7.98. The van der Waals surface area contributed by atoms with Crippen LogP contribution in [0.3, 0.4) is 0 Å². The van der Waals surface area contributed by atoms with Crippen molar-refractivity contribution in [2.24, 2.45) is 0 Å². The SMILES string of the molecule is CCOc1ccc(CSc2nc(N3CCOCC3)c3[nH]c(CC)nc3n2)cc1. The van der Waals surface area contributed by atoms with Gasteiger partial charge in [-0.25, -0.2) is 15.0 Å². The molecule has 0 radical (unpaired) electrons. The second-order valence-electron chi connectivity index (χ2n) is 6.53. The number of aryl methyl sites for hydroxylation is 1. The highest BCUT2D eigenvalue weighted by Gasteiger charge is 2.20. The summed E-state index contributed by atoms with van der Waals surface area (Å²) in [5, 5.41) is 0.747. The predicted octanol–water partition coefficient (Wildman–Crippen LogP) is 3.44. The van der Waals surface area contributed by atoms with Crippen LogP contribution in [0, 0.1) is 0 Å². The van der Waals surface area contributed by atoms with Gasteiger partial charge in [-0.2, -0.15) is 0 Å². The van der Waals surface area contributed by atoms with Crippen molar-refractivity contribution in [3.8, 4) is 5.75 Å². The van der Waals surface area contributed by atoms with E-state index in [2.05, 4.69) is 38.9 Å². The third-order valence-electron chi connectivity index (χ3n) is 4.61. The molecule has 1 N–H and O–H groups in total. The van der Waals surface area contributed by atoms with Crippen LogP contribution in [0.5, 0.6) is 5.75 Å². The monoisotopic (exact) mass is 399 g/mol. The number of hydrogen-bond acceptors (Lipinski definition) is 7. The average molecular weight is 400 g/mol. The number of benzene rings is 1. The number of H-pyrrole nitrogens is 1. The summed E-state index contributed by atoms with van der Waals surface area (Å²) in [5.41, 5.74) is 2.87. The van der Waals surface area contributed by atoms with Gasteiger partial charge in [0.2, 0.25) is 0 Å². The molecule has 0 bridgehead atoms. The molecular weight excluding hydrogens is 374 g/mol. The van der Waals surface area contributed by atoms with Gasteiger partial charge in [-0.05, 0) is 24.6 Å². The van der Waals surface area contributed by atoms with Gasteiger partial charge in [0, 0.05) is 25.3 Å². The Hall–Kier alpha value is -2.32. The molecule has 7 nitrogen and oxygen atoms in total. The molecule has 0 saturated carbocycles. The second kappa shape index (κ2) is 8.79. The number of fused-ring (bicyclic) bond motifs is 1. The average Bonchev–Trinajstić information content (AvgIpc) is 3.17. The number of morpholine rings is 1. The van der Waals surface area contributed by atoms with E-state index in [1.807, 2.05) is 19.1 Å². The number of hydrogen-bond donors (Lipinski definition) is 1. The normalized spacial score (nSPS) is 14.6. The van der Waals surface area contributed by atoms with Crippen LogP contribution in [0.4, 0.5) is 5.82 Å². The van der Waals surface area contributed by atoms with Crippen LogP contribution in [-0.4, -0.2) is 52.8 Å². The quantitative estimate of drug-likeness (QED) is 0.482. The molecule has 3 aromatic rings. The summed E-state index contributed by atoms with van der Waals surface area (Å²) >= 11 is 1.63. The Morgan fingerprint density at radius 1 is 1.11 bits per heavy atom. The zero-order chi connectivity index (χ0) is 19.3. The van der Waals surface area contributed by atoms with Crippen LogP contribution in [0.1, 0.15) is 25.2 Å². The molecule has 1 aromatic carbocycles. The number of ether oxygens (including phenoxy) is 2. The molecule has 4 rings (SSSR count). The fraction of sp³-hybridized carbons (Fsp3) is 0.450. The van der Waals surface area contributed by atoms with Gasteiger partial charge >= 0.3 is 0 Å². The van der Waals surface area contributed by atoms with Crippen LogP contribution in [0.25, 0.3) is 11.2 Å². The van der Waals surface area contributed by atoms with E-state index in [0.717, 1.165) is 72.2 Å². The maximum atomic E-state index is 5.51. The minimum Gasteiger partial charge on any atom is -0.494 e. The second-order valence-corrected chi connectivity index (χ2v) is 7.47. The Balaban J connectivity index is 1.57. The Morgan fingerprint density at radius 3 is 2.61 bits per heavy atom. The molecule has 0 spiro atoms. The zero-order valence-electron chi connectivity index (χ0n) is 16.3. The first-order chi connectivity index (χ1) is 13.8. The molecular formula is C20H25N5O2S. The summed E-state index contributed by atoms with van der Waals surface area (Å²) in [4.78, 5) is 19.8. The first kappa shape index (κ1) is 19.0. The number of nitrogens with zero attached hydrogens (tertiary/aromatic N) is 4. The smallest absolute Gasteiger partial charge is 0.192 e. The van der Waals surface area contributed by atoms with Gasteiger partial charge < -0.3 is 19.4 Å². The molecule has 0 aliphatic carbocycles. The summed E-state index contributed by atoms with van der Waals surface area (Å²) in [7, 11) is 0. The number of thioether (sulfide) groups is 1. The van der Waals surface area contributed by atoms with E-state index in [4.69, 9.17) is 14.5 Å². The Bertz CT molecular complexity index is 922. The van der Waals surface area contributed by atoms with Crippen molar-refractivity contribution in [1.29, 1.82) is 0 Å². The van der Waals surface area contributed by atoms with Crippen LogP contribution in [0.2, 0.25) is 0 Å². The van der Waals surface area contributed by atoms with Crippen molar-refractivity contribution in [1.82, 2.24) is 19.9 Å². The highest BCUT2D eigenvalue weighted by Crippen LogP contribution is 2.28. The fourth-order valence-electron chi connectivity index (χ4n) is 3.14. The molecule has 2 aromatic heterocycles. The van der Waals surface area contributed by atoms with Crippen LogP contribution >= 0.6 is 11.8 Å². The van der Waals surface area contributed by atoms with Crippen molar-refractivity contribution in [3.05, 3.63) is 35.7 Å². The lowest BCUT2D eigenvalue weighted by atomic mass is 10.2. The van der Waals surface area contributed by atoms with Crippen molar-refractivity contribution in [2.75, 3.05) is 37.8 Å². The molecule has 0 atom stereocenters. The molecule has 28 heavy (non-hydrogen) atoms. The minimum atomic E-state index is 0.676. The highest BCUT2D eigenvalue weighted by atomic mass is 32.2. The lowest BCUT2D eigenvalue weighted by Crippen LogP contribution is -2.37. The van der Waals surface area contributed by atoms with Crippen LogP contribution < -0.4 is 9.64 Å². The fourth-order valence-corrected chi connectivity index (χ4v) is 3.93. The largest absolute Gasteiger partial charge is 0.494 e. The number of nitrogens with one attached hydrogen (secondary N) is 1. The van der Waals surface area contributed by atoms with Gasteiger partial charge in [0.1, 0.15) is 17.1 Å². The third-order valence-corrected chi connectivity index (χ3v) is 5.53. The van der Waals surface area contributed by atoms with E-state index < -0.39 is 0 Å². The summed E-state index contributed by atoms with van der Waals surface area (Å²) < 4.78 is 11.0. The number of aromatic nitrogens is 4. The van der Waals surface area contributed by atoms with Crippen molar-refractivity contribution in [2.45, 2.75) is 31.2 Å². The van der Waals surface area contributed by atoms with Gasteiger partial charge in [-0.1, -0.05) is 30.8 Å². The summed E-state index contributed by atoms with van der Waals surface area (Å²) in [6.45, 7) is 7.84. The van der Waals surface area contributed by atoms with Crippen LogP contribution in [0.15, 0.2) is 29.4 Å². The van der Waals surface area contributed by atoms with Crippen molar-refractivity contribution in [3.63, 3.8) is 0 Å². The summed E-state index contributed by atoms with van der Waals surface area (Å²) in [5.74, 6) is 3.56. The van der Waals surface area contributed by atoms with Gasteiger partial charge in [0.15, 0.2) is 16.6 Å². The number of anilines is 1. The van der Waals surface area contributed by atoms with E-state index >= 15 is 0 Å². The molecule has 1 aliphatic rings. The Kier molecular flexibility index (Phi) is 5.97. The van der Waals surface area contributed by atoms with E-state index in [0.29, 0.717) is 6.61 Å². The molecule has 0 amide bonds. The standard InChI is InChI=1S/C20H25N5O2S/c1-3-16-21-17-18(22-16)23-20(24-19(17)25-9-11-26-12-10-25)28-13-14-5-7-15(8-6-14)27-4-2/h5-8H,3-4,9-13H2,1-2H3,(H,21,22,23,24). The summed E-state index contributed by atoms with van der Waals surface area (Å²) in [6.07, 6.45) is 0.841. The Morgan fingerprint density at radius 2 is 1.89 bits per heavy atom. The van der Waals surface area contributed by atoms with Gasteiger partial charge in [-0.15, -0.1) is 0 Å². The summed E-state index contributed by atoms with van der Waals surface area (Å²) in [6, 6.07) is 8.18. The molecule has 3 heterocycles. The number of imidazole rings is 1. The van der Waals surface area contributed by atoms with Gasteiger partial charge in [0.25, 0.3) is 0 Å². The van der Waals surface area contributed by atoms with E-state index in [-0.39, 0.29) is 0 Å². The molecule has 1 saturated heterocycles. The van der Waals surface area contributed by atoms with E-state index in [9.17, 15) is 0 Å². The van der Waals surface area contributed by atoms with Crippen LogP contribution in [-0.2, 0) is 16.9 Å². The van der Waals surface area contributed by atoms with Crippen molar-refractivity contribution >= 4 is 28.7 Å². The third kappa shape index (κ3) is 4.23. The first-order valence-corrected chi connectivity index (χ1v) is 10.7. The zero-order valence-corrected chi connectivity index (χ0v) is 17.1. The molecule has 1 aliphatic heterocycles.